The van der Waals surface area contributed by atoms with E-state index in [1.165, 1.54) is 0 Å². The van der Waals surface area contributed by atoms with Crippen LogP contribution in [0.4, 0.5) is 0 Å². The lowest BCUT2D eigenvalue weighted by atomic mass is 10.2. The van der Waals surface area contributed by atoms with Gasteiger partial charge in [0.1, 0.15) is 0 Å². The first-order valence-corrected chi connectivity index (χ1v) is 4.69. The van der Waals surface area contributed by atoms with E-state index in [9.17, 15) is 9.59 Å². The van der Waals surface area contributed by atoms with E-state index in [2.05, 4.69) is 5.10 Å². The Bertz CT molecular complexity index is 376. The topological polar surface area (TPSA) is 65.1 Å². The van der Waals surface area contributed by atoms with Gasteiger partial charge in [-0.3, -0.25) is 4.79 Å². The van der Waals surface area contributed by atoms with Gasteiger partial charge in [-0.15, -0.1) is 9.78 Å². The van der Waals surface area contributed by atoms with Gasteiger partial charge in [0.2, 0.25) is 5.89 Å². The maximum absolute atomic E-state index is 11.4. The van der Waals surface area contributed by atoms with E-state index >= 15 is 0 Å². The quantitative estimate of drug-likeness (QED) is 0.729. The van der Waals surface area contributed by atoms with Gasteiger partial charge in [0.15, 0.2) is 0 Å². The van der Waals surface area contributed by atoms with Gasteiger partial charge < -0.3 is 4.42 Å². The normalized spacial score (nSPS) is 10.9. The zero-order valence-electron chi connectivity index (χ0n) is 8.61. The minimum Gasteiger partial charge on any atom is -0.392 e. The molecule has 1 heterocycles. The second-order valence-electron chi connectivity index (χ2n) is 3.42. The number of aromatic nitrogens is 2. The number of carbonyl (C=O) groups excluding carboxylic acids is 1. The van der Waals surface area contributed by atoms with Crippen LogP contribution in [0, 0.1) is 5.92 Å². The maximum Gasteiger partial charge on any atom is 0.444 e. The van der Waals surface area contributed by atoms with Crippen molar-refractivity contribution in [2.75, 3.05) is 0 Å². The molecule has 0 unspecified atom stereocenters. The predicted molar refractivity (Wildman–Crippen MR) is 50.2 cm³/mol. The molecular formula is C9H14N2O3. The van der Waals surface area contributed by atoms with Gasteiger partial charge in [0.05, 0.1) is 0 Å². The van der Waals surface area contributed by atoms with Crippen LogP contribution >= 0.6 is 0 Å². The first kappa shape index (κ1) is 10.7. The van der Waals surface area contributed by atoms with Gasteiger partial charge >= 0.3 is 5.76 Å². The summed E-state index contributed by atoms with van der Waals surface area (Å²) in [4.78, 5) is 22.6. The summed E-state index contributed by atoms with van der Waals surface area (Å²) in [5, 5.41) is 3.81. The third kappa shape index (κ3) is 2.10. The minimum absolute atomic E-state index is 0.257. The molecule has 14 heavy (non-hydrogen) atoms. The predicted octanol–water partition coefficient (Wildman–Crippen LogP) is 1.08. The van der Waals surface area contributed by atoms with E-state index in [1.807, 2.05) is 6.92 Å². The Morgan fingerprint density at radius 3 is 2.71 bits per heavy atom. The highest BCUT2D eigenvalue weighted by molar-refractivity contribution is 5.79. The van der Waals surface area contributed by atoms with Crippen molar-refractivity contribution in [3.63, 3.8) is 0 Å². The molecule has 0 fully saturated rings. The fraction of sp³-hybridized carbons (Fsp3) is 0.667. The molecule has 5 heteroatoms. The van der Waals surface area contributed by atoms with E-state index in [0.717, 1.165) is 11.1 Å². The van der Waals surface area contributed by atoms with Crippen molar-refractivity contribution >= 4 is 5.91 Å². The summed E-state index contributed by atoms with van der Waals surface area (Å²) < 4.78 is 5.60. The van der Waals surface area contributed by atoms with Crippen molar-refractivity contribution in [2.45, 2.75) is 33.6 Å². The van der Waals surface area contributed by atoms with Gasteiger partial charge in [-0.25, -0.2) is 4.79 Å². The van der Waals surface area contributed by atoms with Gasteiger partial charge in [0, 0.05) is 12.3 Å². The lowest BCUT2D eigenvalue weighted by molar-refractivity contribution is 0.0830. The molecule has 0 spiro atoms. The summed E-state index contributed by atoms with van der Waals surface area (Å²) in [5.41, 5.74) is 0. The van der Waals surface area contributed by atoms with E-state index < -0.39 is 5.76 Å². The molecule has 0 N–H and O–H groups in total. The fourth-order valence-electron chi connectivity index (χ4n) is 1.02. The zero-order valence-corrected chi connectivity index (χ0v) is 8.61. The van der Waals surface area contributed by atoms with Crippen LogP contribution in [0.2, 0.25) is 0 Å². The molecule has 1 aromatic heterocycles. The molecule has 0 aliphatic carbocycles. The lowest BCUT2D eigenvalue weighted by Crippen LogP contribution is -2.27. The van der Waals surface area contributed by atoms with Crippen LogP contribution in [0.3, 0.4) is 0 Å². The summed E-state index contributed by atoms with van der Waals surface area (Å²) in [6.07, 6.45) is 1.41. The fourth-order valence-corrected chi connectivity index (χ4v) is 1.02. The lowest BCUT2D eigenvalue weighted by Gasteiger charge is -1.98. The number of hydrogen-bond acceptors (Lipinski definition) is 4. The number of rotatable bonds is 3. The third-order valence-electron chi connectivity index (χ3n) is 1.76. The third-order valence-corrected chi connectivity index (χ3v) is 1.76. The SMILES string of the molecule is CCCc1nn(C(=O)C(C)C)c(=O)o1. The smallest absolute Gasteiger partial charge is 0.392 e. The van der Waals surface area contributed by atoms with E-state index in [4.69, 9.17) is 4.42 Å². The van der Waals surface area contributed by atoms with Gasteiger partial charge in [-0.1, -0.05) is 20.8 Å². The molecule has 0 bridgehead atoms. The summed E-state index contributed by atoms with van der Waals surface area (Å²) in [6.45, 7) is 5.37. The van der Waals surface area contributed by atoms with E-state index in [-0.39, 0.29) is 11.8 Å². The van der Waals surface area contributed by atoms with Crippen LogP contribution in [0.1, 0.15) is 37.9 Å². The van der Waals surface area contributed by atoms with Crippen molar-refractivity contribution in [3.05, 3.63) is 16.4 Å². The van der Waals surface area contributed by atoms with Crippen molar-refractivity contribution < 1.29 is 9.21 Å². The van der Waals surface area contributed by atoms with Crippen molar-refractivity contribution in [1.82, 2.24) is 9.78 Å². The highest BCUT2D eigenvalue weighted by Gasteiger charge is 2.16. The minimum atomic E-state index is -0.688. The molecule has 0 saturated heterocycles. The van der Waals surface area contributed by atoms with Gasteiger partial charge in [0.25, 0.3) is 5.91 Å². The molecule has 78 valence electrons. The van der Waals surface area contributed by atoms with Crippen molar-refractivity contribution in [3.8, 4) is 0 Å². The number of hydrogen-bond donors (Lipinski definition) is 0. The Kier molecular flexibility index (Phi) is 3.22. The van der Waals surface area contributed by atoms with Crippen molar-refractivity contribution in [1.29, 1.82) is 0 Å². The number of aryl methyl sites for hydroxylation is 1. The molecule has 1 aromatic rings. The molecule has 0 saturated carbocycles. The molecule has 0 aromatic carbocycles. The number of nitrogens with zero attached hydrogens (tertiary/aromatic N) is 2. The van der Waals surface area contributed by atoms with Crippen LogP contribution in [-0.2, 0) is 6.42 Å². The molecule has 0 radical (unpaired) electrons. The van der Waals surface area contributed by atoms with Crippen LogP contribution in [-0.4, -0.2) is 15.7 Å². The first-order chi connectivity index (χ1) is 6.56. The largest absolute Gasteiger partial charge is 0.444 e. The standard InChI is InChI=1S/C9H14N2O3/c1-4-5-7-10-11(9(13)14-7)8(12)6(2)3/h6H,4-5H2,1-3H3. The molecule has 0 aliphatic rings. The van der Waals surface area contributed by atoms with Crippen LogP contribution in [0.5, 0.6) is 0 Å². The first-order valence-electron chi connectivity index (χ1n) is 4.69. The Hall–Kier alpha value is -1.39. The van der Waals surface area contributed by atoms with Gasteiger partial charge in [-0.05, 0) is 6.42 Å². The zero-order chi connectivity index (χ0) is 10.7. The van der Waals surface area contributed by atoms with Crippen molar-refractivity contribution in [2.24, 2.45) is 5.92 Å². The molecule has 0 amide bonds. The average Bonchev–Trinajstić information content (AvgIpc) is 2.46. The van der Waals surface area contributed by atoms with Gasteiger partial charge in [-0.2, -0.15) is 0 Å². The molecule has 1 rings (SSSR count). The molecule has 0 atom stereocenters. The Labute approximate surface area is 81.7 Å². The molecular weight excluding hydrogens is 184 g/mol. The average molecular weight is 198 g/mol. The highest BCUT2D eigenvalue weighted by atomic mass is 16.4. The summed E-state index contributed by atoms with van der Waals surface area (Å²) in [5.74, 6) is -0.952. The summed E-state index contributed by atoms with van der Waals surface area (Å²) in [6, 6.07) is 0. The van der Waals surface area contributed by atoms with Crippen LogP contribution < -0.4 is 5.76 Å². The summed E-state index contributed by atoms with van der Waals surface area (Å²) in [7, 11) is 0. The maximum atomic E-state index is 11.4. The molecule has 0 aliphatic heterocycles. The van der Waals surface area contributed by atoms with Crippen LogP contribution in [0.25, 0.3) is 0 Å². The Balaban J connectivity index is 2.99. The monoisotopic (exact) mass is 198 g/mol. The van der Waals surface area contributed by atoms with E-state index in [0.29, 0.717) is 12.3 Å². The highest BCUT2D eigenvalue weighted by Crippen LogP contribution is 1.99. The summed E-state index contributed by atoms with van der Waals surface area (Å²) >= 11 is 0. The van der Waals surface area contributed by atoms with E-state index in [1.54, 1.807) is 13.8 Å². The second kappa shape index (κ2) is 4.21. The Morgan fingerprint density at radius 1 is 1.57 bits per heavy atom. The Morgan fingerprint density at radius 2 is 2.21 bits per heavy atom. The molecule has 5 nitrogen and oxygen atoms in total. The van der Waals surface area contributed by atoms with Crippen LogP contribution in [0.15, 0.2) is 9.21 Å². The number of carbonyl (C=O) groups is 1. The second-order valence-corrected chi connectivity index (χ2v) is 3.42.